The third-order valence-electron chi connectivity index (χ3n) is 4.73. The smallest absolute Gasteiger partial charge is 0.243 e. The second kappa shape index (κ2) is 5.62. The van der Waals surface area contributed by atoms with Crippen LogP contribution in [0.25, 0.3) is 10.9 Å². The Labute approximate surface area is 146 Å². The van der Waals surface area contributed by atoms with E-state index in [1.54, 1.807) is 28.6 Å². The minimum atomic E-state index is -3.51. The fourth-order valence-electron chi connectivity index (χ4n) is 3.45. The highest BCUT2D eigenvalue weighted by Gasteiger charge is 2.31. The van der Waals surface area contributed by atoms with Crippen LogP contribution in [0.3, 0.4) is 0 Å². The first-order valence-electron chi connectivity index (χ1n) is 7.79. The maximum absolute atomic E-state index is 12.9. The summed E-state index contributed by atoms with van der Waals surface area (Å²) in [5.41, 5.74) is 3.48. The van der Waals surface area contributed by atoms with Crippen LogP contribution in [0, 0.1) is 0 Å². The quantitative estimate of drug-likeness (QED) is 0.701. The largest absolute Gasteiger partial charge is 0.346 e. The summed E-state index contributed by atoms with van der Waals surface area (Å²) < 4.78 is 29.5. The topological polar surface area (TPSA) is 42.3 Å². The van der Waals surface area contributed by atoms with Gasteiger partial charge in [0.1, 0.15) is 0 Å². The van der Waals surface area contributed by atoms with E-state index in [0.717, 1.165) is 17.6 Å². The van der Waals surface area contributed by atoms with Gasteiger partial charge in [-0.05, 0) is 42.3 Å². The minimum absolute atomic E-state index is 0.286. The van der Waals surface area contributed by atoms with Crippen LogP contribution in [0.4, 0.5) is 0 Å². The van der Waals surface area contributed by atoms with Crippen LogP contribution in [0.5, 0.6) is 0 Å². The summed E-state index contributed by atoms with van der Waals surface area (Å²) in [6.45, 7) is 0.886. The van der Waals surface area contributed by atoms with E-state index in [9.17, 15) is 8.42 Å². The number of halogens is 1. The minimum Gasteiger partial charge on any atom is -0.346 e. The maximum atomic E-state index is 12.9. The van der Waals surface area contributed by atoms with Gasteiger partial charge in [-0.15, -0.1) is 0 Å². The standard InChI is InChI=1S/C18H17ClN2O2S/c1-20-17-5-3-2-4-15(17)16-10-11-21(12-18(16)20)24(22,23)14-8-6-13(19)7-9-14/h2-9H,10-12H2,1H3. The molecule has 1 aromatic heterocycles. The van der Waals surface area contributed by atoms with Gasteiger partial charge in [-0.3, -0.25) is 0 Å². The number of aromatic nitrogens is 1. The molecule has 6 heteroatoms. The zero-order chi connectivity index (χ0) is 16.9. The molecule has 0 fully saturated rings. The van der Waals surface area contributed by atoms with Gasteiger partial charge in [0, 0.05) is 35.2 Å². The van der Waals surface area contributed by atoms with Crippen molar-refractivity contribution in [1.82, 2.24) is 8.87 Å². The van der Waals surface area contributed by atoms with E-state index in [1.165, 1.54) is 10.9 Å². The second-order valence-corrected chi connectivity index (χ2v) is 8.42. The fraction of sp³-hybridized carbons (Fsp3) is 0.222. The van der Waals surface area contributed by atoms with Crippen molar-refractivity contribution >= 4 is 32.5 Å². The molecule has 2 aromatic carbocycles. The van der Waals surface area contributed by atoms with Crippen molar-refractivity contribution in [1.29, 1.82) is 0 Å². The Kier molecular flexibility index (Phi) is 3.67. The monoisotopic (exact) mass is 360 g/mol. The summed E-state index contributed by atoms with van der Waals surface area (Å²) in [5.74, 6) is 0. The third kappa shape index (κ3) is 2.35. The van der Waals surface area contributed by atoms with E-state index in [4.69, 9.17) is 11.6 Å². The molecule has 0 unspecified atom stereocenters. The molecule has 4 nitrogen and oxygen atoms in total. The van der Waals surface area contributed by atoms with Crippen LogP contribution < -0.4 is 0 Å². The van der Waals surface area contributed by atoms with Gasteiger partial charge < -0.3 is 4.57 Å². The average molecular weight is 361 g/mol. The number of hydrogen-bond donors (Lipinski definition) is 0. The number of sulfonamides is 1. The predicted molar refractivity (Wildman–Crippen MR) is 95.7 cm³/mol. The lowest BCUT2D eigenvalue weighted by atomic mass is 10.1. The molecule has 124 valence electrons. The molecule has 0 atom stereocenters. The molecule has 1 aliphatic heterocycles. The molecule has 1 aliphatic rings. The molecule has 2 heterocycles. The Morgan fingerprint density at radius 2 is 1.75 bits per heavy atom. The van der Waals surface area contributed by atoms with Crippen LogP contribution in [0.1, 0.15) is 11.3 Å². The van der Waals surface area contributed by atoms with Gasteiger partial charge in [0.05, 0.1) is 11.4 Å². The van der Waals surface area contributed by atoms with E-state index >= 15 is 0 Å². The Morgan fingerprint density at radius 3 is 2.50 bits per heavy atom. The van der Waals surface area contributed by atoms with Gasteiger partial charge in [-0.1, -0.05) is 29.8 Å². The highest BCUT2D eigenvalue weighted by molar-refractivity contribution is 7.89. The fourth-order valence-corrected chi connectivity index (χ4v) is 4.98. The highest BCUT2D eigenvalue weighted by Crippen LogP contribution is 2.32. The van der Waals surface area contributed by atoms with Crippen molar-refractivity contribution in [3.05, 3.63) is 64.8 Å². The van der Waals surface area contributed by atoms with E-state index < -0.39 is 10.0 Å². The van der Waals surface area contributed by atoms with Crippen molar-refractivity contribution in [3.63, 3.8) is 0 Å². The number of aryl methyl sites for hydroxylation is 1. The Morgan fingerprint density at radius 1 is 1.04 bits per heavy atom. The Bertz CT molecular complexity index is 1020. The molecule has 0 aliphatic carbocycles. The summed E-state index contributed by atoms with van der Waals surface area (Å²) in [7, 11) is -1.51. The zero-order valence-corrected chi connectivity index (χ0v) is 14.8. The van der Waals surface area contributed by atoms with Crippen LogP contribution in [-0.2, 0) is 30.0 Å². The summed E-state index contributed by atoms with van der Waals surface area (Å²) in [6.07, 6.45) is 0.726. The number of nitrogens with zero attached hydrogens (tertiary/aromatic N) is 2. The molecule has 0 saturated heterocycles. The van der Waals surface area contributed by atoms with Crippen LogP contribution in [0.2, 0.25) is 5.02 Å². The zero-order valence-electron chi connectivity index (χ0n) is 13.2. The third-order valence-corrected chi connectivity index (χ3v) is 6.84. The van der Waals surface area contributed by atoms with Crippen LogP contribution in [-0.4, -0.2) is 23.8 Å². The molecule has 3 aromatic rings. The summed E-state index contributed by atoms with van der Waals surface area (Å²) in [6, 6.07) is 14.6. The van der Waals surface area contributed by atoms with Gasteiger partial charge in [0.2, 0.25) is 10.0 Å². The predicted octanol–water partition coefficient (Wildman–Crippen LogP) is 3.58. The van der Waals surface area contributed by atoms with E-state index in [2.05, 4.69) is 16.7 Å². The lowest BCUT2D eigenvalue weighted by Gasteiger charge is -2.27. The van der Waals surface area contributed by atoms with E-state index in [0.29, 0.717) is 18.1 Å². The molecular weight excluding hydrogens is 344 g/mol. The summed E-state index contributed by atoms with van der Waals surface area (Å²) in [4.78, 5) is 0.286. The molecule has 24 heavy (non-hydrogen) atoms. The van der Waals surface area contributed by atoms with Crippen LogP contribution in [0.15, 0.2) is 53.4 Å². The number of hydrogen-bond acceptors (Lipinski definition) is 2. The number of rotatable bonds is 2. The Hall–Kier alpha value is -1.82. The van der Waals surface area contributed by atoms with E-state index in [-0.39, 0.29) is 4.90 Å². The van der Waals surface area contributed by atoms with E-state index in [1.807, 2.05) is 19.2 Å². The number of para-hydroxylation sites is 1. The van der Waals surface area contributed by atoms with Gasteiger partial charge >= 0.3 is 0 Å². The first-order chi connectivity index (χ1) is 11.5. The van der Waals surface area contributed by atoms with Crippen molar-refractivity contribution in [3.8, 4) is 0 Å². The van der Waals surface area contributed by atoms with Gasteiger partial charge in [-0.2, -0.15) is 4.31 Å². The van der Waals surface area contributed by atoms with Gasteiger partial charge in [0.15, 0.2) is 0 Å². The second-order valence-electron chi connectivity index (χ2n) is 6.04. The van der Waals surface area contributed by atoms with Crippen molar-refractivity contribution < 1.29 is 8.42 Å². The van der Waals surface area contributed by atoms with Gasteiger partial charge in [-0.25, -0.2) is 8.42 Å². The lowest BCUT2D eigenvalue weighted by molar-refractivity contribution is 0.383. The lowest BCUT2D eigenvalue weighted by Crippen LogP contribution is -2.36. The number of fused-ring (bicyclic) bond motifs is 3. The first kappa shape index (κ1) is 15.7. The molecule has 0 N–H and O–H groups in total. The molecule has 0 spiro atoms. The maximum Gasteiger partial charge on any atom is 0.243 e. The Balaban J connectivity index is 1.75. The molecule has 0 bridgehead atoms. The molecule has 0 amide bonds. The summed E-state index contributed by atoms with van der Waals surface area (Å²) >= 11 is 5.87. The molecule has 4 rings (SSSR count). The molecule has 0 saturated carbocycles. The normalized spacial score (nSPS) is 15.6. The van der Waals surface area contributed by atoms with Crippen LogP contribution >= 0.6 is 11.6 Å². The first-order valence-corrected chi connectivity index (χ1v) is 9.61. The summed E-state index contributed by atoms with van der Waals surface area (Å²) in [5, 5.41) is 1.75. The van der Waals surface area contributed by atoms with Crippen molar-refractivity contribution in [2.24, 2.45) is 7.05 Å². The highest BCUT2D eigenvalue weighted by atomic mass is 35.5. The van der Waals surface area contributed by atoms with Crippen molar-refractivity contribution in [2.45, 2.75) is 17.9 Å². The van der Waals surface area contributed by atoms with Crippen molar-refractivity contribution in [2.75, 3.05) is 6.54 Å². The SMILES string of the molecule is Cn1c2c(c3ccccc31)CCN(S(=O)(=O)c1ccc(Cl)cc1)C2. The molecular formula is C18H17ClN2O2S. The average Bonchev–Trinajstić information content (AvgIpc) is 2.88. The molecule has 0 radical (unpaired) electrons. The number of benzene rings is 2. The van der Waals surface area contributed by atoms with Gasteiger partial charge in [0.25, 0.3) is 0 Å².